The molecule has 114 valence electrons. The van der Waals surface area contributed by atoms with E-state index in [2.05, 4.69) is 26.0 Å². The first kappa shape index (κ1) is 16.2. The first-order chi connectivity index (χ1) is 10.5. The smallest absolute Gasteiger partial charge is 0.337 e. The summed E-state index contributed by atoms with van der Waals surface area (Å²) in [4.78, 5) is 23.6. The van der Waals surface area contributed by atoms with Gasteiger partial charge in [0, 0.05) is 10.0 Å². The summed E-state index contributed by atoms with van der Waals surface area (Å²) in [6, 6.07) is 14.0. The summed E-state index contributed by atoms with van der Waals surface area (Å²) in [5.74, 6) is -0.609. The summed E-state index contributed by atoms with van der Waals surface area (Å²) >= 11 is 3.38. The molecule has 0 saturated carbocycles. The number of rotatable bonds is 4. The number of hydrogen-bond donors (Lipinski definition) is 1. The van der Waals surface area contributed by atoms with E-state index in [1.807, 2.05) is 31.2 Å². The average molecular weight is 362 g/mol. The van der Waals surface area contributed by atoms with Crippen molar-refractivity contribution in [3.8, 4) is 0 Å². The van der Waals surface area contributed by atoms with Gasteiger partial charge in [-0.15, -0.1) is 0 Å². The molecule has 0 heterocycles. The highest BCUT2D eigenvalue weighted by molar-refractivity contribution is 9.10. The number of hydrogen-bond acceptors (Lipinski definition) is 3. The van der Waals surface area contributed by atoms with Crippen LogP contribution in [0.3, 0.4) is 0 Å². The number of ether oxygens (including phenoxy) is 1. The molecule has 0 radical (unpaired) electrons. The predicted molar refractivity (Wildman–Crippen MR) is 87.8 cm³/mol. The first-order valence-electron chi connectivity index (χ1n) is 6.76. The zero-order valence-electron chi connectivity index (χ0n) is 12.3. The van der Waals surface area contributed by atoms with Gasteiger partial charge in [-0.2, -0.15) is 0 Å². The first-order valence-corrected chi connectivity index (χ1v) is 7.55. The molecule has 0 aliphatic heterocycles. The SMILES string of the molecule is COC(=O)c1ccc(C(=O)N[C@H](C)c2ccc(Br)cc2)cc1. The number of carbonyl (C=O) groups is 2. The number of halogens is 1. The molecule has 0 aliphatic rings. The standard InChI is InChI=1S/C17H16BrNO3/c1-11(12-7-9-15(18)10-8-12)19-16(20)13-3-5-14(6-4-13)17(21)22-2/h3-11H,1-2H3,(H,19,20)/t11-/m1/s1. The molecule has 2 aromatic rings. The Kier molecular flexibility index (Phi) is 5.33. The van der Waals surface area contributed by atoms with Crippen LogP contribution in [0.4, 0.5) is 0 Å². The van der Waals surface area contributed by atoms with E-state index in [-0.39, 0.29) is 11.9 Å². The fourth-order valence-corrected chi connectivity index (χ4v) is 2.25. The van der Waals surface area contributed by atoms with Gasteiger partial charge in [0.1, 0.15) is 0 Å². The van der Waals surface area contributed by atoms with Crippen LogP contribution in [0.25, 0.3) is 0 Å². The Morgan fingerprint density at radius 3 is 2.09 bits per heavy atom. The highest BCUT2D eigenvalue weighted by Crippen LogP contribution is 2.17. The van der Waals surface area contributed by atoms with Crippen LogP contribution in [0, 0.1) is 0 Å². The van der Waals surface area contributed by atoms with Crippen molar-refractivity contribution < 1.29 is 14.3 Å². The lowest BCUT2D eigenvalue weighted by Gasteiger charge is -2.14. The van der Waals surface area contributed by atoms with Crippen molar-refractivity contribution >= 4 is 27.8 Å². The third-order valence-corrected chi connectivity index (χ3v) is 3.81. The Balaban J connectivity index is 2.05. The van der Waals surface area contributed by atoms with Gasteiger partial charge in [0.15, 0.2) is 0 Å². The largest absolute Gasteiger partial charge is 0.465 e. The van der Waals surface area contributed by atoms with Crippen LogP contribution < -0.4 is 5.32 Å². The zero-order valence-corrected chi connectivity index (χ0v) is 13.9. The highest BCUT2D eigenvalue weighted by atomic mass is 79.9. The van der Waals surface area contributed by atoms with E-state index >= 15 is 0 Å². The van der Waals surface area contributed by atoms with E-state index in [1.165, 1.54) is 7.11 Å². The van der Waals surface area contributed by atoms with E-state index in [4.69, 9.17) is 0 Å². The third-order valence-electron chi connectivity index (χ3n) is 3.29. The molecule has 0 spiro atoms. The van der Waals surface area contributed by atoms with E-state index in [9.17, 15) is 9.59 Å². The highest BCUT2D eigenvalue weighted by Gasteiger charge is 2.12. The zero-order chi connectivity index (χ0) is 16.1. The molecule has 5 heteroatoms. The molecule has 1 atom stereocenters. The molecule has 2 rings (SSSR count). The van der Waals surface area contributed by atoms with Gasteiger partial charge in [0.25, 0.3) is 5.91 Å². The van der Waals surface area contributed by atoms with Crippen LogP contribution in [0.1, 0.15) is 39.2 Å². The van der Waals surface area contributed by atoms with Gasteiger partial charge in [-0.25, -0.2) is 4.79 Å². The second kappa shape index (κ2) is 7.22. The minimum Gasteiger partial charge on any atom is -0.465 e. The van der Waals surface area contributed by atoms with Gasteiger partial charge < -0.3 is 10.1 Å². The van der Waals surface area contributed by atoms with E-state index < -0.39 is 5.97 Å². The van der Waals surface area contributed by atoms with Crippen molar-refractivity contribution in [1.82, 2.24) is 5.32 Å². The van der Waals surface area contributed by atoms with Crippen LogP contribution in [0.15, 0.2) is 53.0 Å². The monoisotopic (exact) mass is 361 g/mol. The maximum atomic E-state index is 12.2. The molecule has 0 aromatic heterocycles. The molecule has 0 bridgehead atoms. The second-order valence-corrected chi connectivity index (χ2v) is 5.73. The maximum Gasteiger partial charge on any atom is 0.337 e. The Labute approximate surface area is 137 Å². The van der Waals surface area contributed by atoms with Crippen molar-refractivity contribution in [3.63, 3.8) is 0 Å². The van der Waals surface area contributed by atoms with Gasteiger partial charge in [-0.1, -0.05) is 28.1 Å². The fourth-order valence-electron chi connectivity index (χ4n) is 1.99. The summed E-state index contributed by atoms with van der Waals surface area (Å²) in [6.07, 6.45) is 0. The number of esters is 1. The molecular formula is C17H16BrNO3. The van der Waals surface area contributed by atoms with Crippen LogP contribution >= 0.6 is 15.9 Å². The predicted octanol–water partition coefficient (Wildman–Crippen LogP) is 3.73. The van der Waals surface area contributed by atoms with E-state index in [0.29, 0.717) is 11.1 Å². The lowest BCUT2D eigenvalue weighted by atomic mass is 10.1. The topological polar surface area (TPSA) is 55.4 Å². The average Bonchev–Trinajstić information content (AvgIpc) is 2.54. The number of methoxy groups -OCH3 is 1. The maximum absolute atomic E-state index is 12.2. The molecule has 0 saturated heterocycles. The van der Waals surface area contributed by atoms with Crippen molar-refractivity contribution in [2.75, 3.05) is 7.11 Å². The molecule has 1 amide bonds. The normalized spacial score (nSPS) is 11.6. The van der Waals surface area contributed by atoms with Crippen LogP contribution in [-0.4, -0.2) is 19.0 Å². The lowest BCUT2D eigenvalue weighted by Crippen LogP contribution is -2.26. The van der Waals surface area contributed by atoms with Crippen molar-refractivity contribution in [3.05, 3.63) is 69.7 Å². The minimum atomic E-state index is -0.421. The summed E-state index contributed by atoms with van der Waals surface area (Å²) < 4.78 is 5.62. The van der Waals surface area contributed by atoms with E-state index in [0.717, 1.165) is 10.0 Å². The molecule has 0 fully saturated rings. The summed E-state index contributed by atoms with van der Waals surface area (Å²) in [6.45, 7) is 1.92. The Bertz CT molecular complexity index is 665. The van der Waals surface area contributed by atoms with Crippen LogP contribution in [0.2, 0.25) is 0 Å². The molecule has 0 aliphatic carbocycles. The summed E-state index contributed by atoms with van der Waals surface area (Å²) in [7, 11) is 1.32. The molecular weight excluding hydrogens is 346 g/mol. The van der Waals surface area contributed by atoms with E-state index in [1.54, 1.807) is 24.3 Å². The summed E-state index contributed by atoms with van der Waals surface area (Å²) in [5.41, 5.74) is 1.93. The number of amides is 1. The van der Waals surface area contributed by atoms with Gasteiger partial charge in [-0.3, -0.25) is 4.79 Å². The molecule has 0 unspecified atom stereocenters. The number of carbonyl (C=O) groups excluding carboxylic acids is 2. The van der Waals surface area contributed by atoms with Gasteiger partial charge in [0.05, 0.1) is 18.7 Å². The molecule has 2 aromatic carbocycles. The number of nitrogens with one attached hydrogen (secondary N) is 1. The molecule has 1 N–H and O–H groups in total. The minimum absolute atomic E-state index is 0.110. The Hall–Kier alpha value is -2.14. The second-order valence-electron chi connectivity index (χ2n) is 4.82. The van der Waals surface area contributed by atoms with Crippen molar-refractivity contribution in [1.29, 1.82) is 0 Å². The quantitative estimate of drug-likeness (QED) is 0.844. The fraction of sp³-hybridized carbons (Fsp3) is 0.176. The van der Waals surface area contributed by atoms with Gasteiger partial charge in [0.2, 0.25) is 0 Å². The van der Waals surface area contributed by atoms with Crippen molar-refractivity contribution in [2.45, 2.75) is 13.0 Å². The summed E-state index contributed by atoms with van der Waals surface area (Å²) in [5, 5.41) is 2.92. The van der Waals surface area contributed by atoms with Gasteiger partial charge >= 0.3 is 5.97 Å². The molecule has 22 heavy (non-hydrogen) atoms. The number of benzene rings is 2. The Morgan fingerprint density at radius 1 is 1.00 bits per heavy atom. The third kappa shape index (κ3) is 3.95. The Morgan fingerprint density at radius 2 is 1.55 bits per heavy atom. The molecule has 4 nitrogen and oxygen atoms in total. The lowest BCUT2D eigenvalue weighted by molar-refractivity contribution is 0.0600. The van der Waals surface area contributed by atoms with Gasteiger partial charge in [-0.05, 0) is 48.9 Å². The van der Waals surface area contributed by atoms with Crippen LogP contribution in [-0.2, 0) is 4.74 Å². The van der Waals surface area contributed by atoms with Crippen molar-refractivity contribution in [2.24, 2.45) is 0 Å². The van der Waals surface area contributed by atoms with Crippen LogP contribution in [0.5, 0.6) is 0 Å².